The Morgan fingerprint density at radius 1 is 1.37 bits per heavy atom. The van der Waals surface area contributed by atoms with Crippen LogP contribution in [0.1, 0.15) is 39.5 Å². The summed E-state index contributed by atoms with van der Waals surface area (Å²) in [4.78, 5) is 13.1. The van der Waals surface area contributed by atoms with Crippen molar-refractivity contribution in [2.45, 2.75) is 51.4 Å². The Kier molecular flexibility index (Phi) is 5.19. The molecule has 2 aliphatic heterocycles. The van der Waals surface area contributed by atoms with Gasteiger partial charge in [0.05, 0.1) is 32.7 Å². The van der Waals surface area contributed by atoms with Crippen molar-refractivity contribution >= 4 is 5.97 Å². The lowest BCUT2D eigenvalue weighted by Gasteiger charge is -2.26. The number of hydrogen-bond acceptors (Lipinski definition) is 4. The minimum Gasteiger partial charge on any atom is -0.466 e. The Morgan fingerprint density at radius 2 is 2.11 bits per heavy atom. The van der Waals surface area contributed by atoms with E-state index in [1.54, 1.807) is 11.8 Å². The van der Waals surface area contributed by atoms with Gasteiger partial charge < -0.3 is 19.1 Å². The molecule has 110 valence electrons. The fraction of sp³-hybridized carbons (Fsp3) is 0.929. The first kappa shape index (κ1) is 14.8. The largest absolute Gasteiger partial charge is 0.466 e. The highest BCUT2D eigenvalue weighted by atomic mass is 16.7. The summed E-state index contributed by atoms with van der Waals surface area (Å²) < 4.78 is 16.6. The van der Waals surface area contributed by atoms with E-state index in [-0.39, 0.29) is 18.5 Å². The highest BCUT2D eigenvalue weighted by Crippen LogP contribution is 2.26. The van der Waals surface area contributed by atoms with Crippen molar-refractivity contribution in [1.82, 2.24) is 0 Å². The number of ether oxygens (including phenoxy) is 3. The Labute approximate surface area is 115 Å². The molecule has 2 rings (SSSR count). The summed E-state index contributed by atoms with van der Waals surface area (Å²) in [7, 11) is 0. The van der Waals surface area contributed by atoms with E-state index in [0.29, 0.717) is 13.2 Å². The quantitative estimate of drug-likeness (QED) is 0.723. The first-order chi connectivity index (χ1) is 9.11. The van der Waals surface area contributed by atoms with Crippen LogP contribution in [0.5, 0.6) is 0 Å². The lowest BCUT2D eigenvalue weighted by molar-refractivity contribution is -0.907. The van der Waals surface area contributed by atoms with Crippen molar-refractivity contribution in [3.05, 3.63) is 0 Å². The Bertz CT molecular complexity index is 304. The monoisotopic (exact) mass is 272 g/mol. The van der Waals surface area contributed by atoms with Crippen LogP contribution in [-0.2, 0) is 19.0 Å². The summed E-state index contributed by atoms with van der Waals surface area (Å²) >= 11 is 0. The highest BCUT2D eigenvalue weighted by Gasteiger charge is 2.41. The normalized spacial score (nSPS) is 32.4. The van der Waals surface area contributed by atoms with E-state index >= 15 is 0 Å². The number of likely N-dealkylation sites (tertiary alicyclic amines) is 1. The highest BCUT2D eigenvalue weighted by molar-refractivity contribution is 5.70. The van der Waals surface area contributed by atoms with Gasteiger partial charge in [-0.05, 0) is 33.1 Å². The molecule has 0 radical (unpaired) electrons. The number of carbonyl (C=O) groups is 1. The van der Waals surface area contributed by atoms with Crippen molar-refractivity contribution in [2.24, 2.45) is 0 Å². The SMILES string of the molecule is CCOC(=O)C[C@@]1(C)OC[C@@H](C[NH+]2CCCCC2)O1. The molecule has 2 atom stereocenters. The van der Waals surface area contributed by atoms with Crippen molar-refractivity contribution < 1.29 is 23.9 Å². The van der Waals surface area contributed by atoms with Gasteiger partial charge in [-0.1, -0.05) is 0 Å². The molecule has 0 saturated carbocycles. The molecule has 2 aliphatic rings. The van der Waals surface area contributed by atoms with Crippen LogP contribution in [0.15, 0.2) is 0 Å². The maximum absolute atomic E-state index is 11.5. The van der Waals surface area contributed by atoms with Crippen LogP contribution in [0.4, 0.5) is 0 Å². The molecule has 2 heterocycles. The summed E-state index contributed by atoms with van der Waals surface area (Å²) in [6.45, 7) is 8.06. The van der Waals surface area contributed by atoms with Gasteiger partial charge in [0.2, 0.25) is 0 Å². The summed E-state index contributed by atoms with van der Waals surface area (Å²) in [5, 5.41) is 0. The van der Waals surface area contributed by atoms with E-state index in [9.17, 15) is 4.79 Å². The van der Waals surface area contributed by atoms with Crippen molar-refractivity contribution in [1.29, 1.82) is 0 Å². The fourth-order valence-electron chi connectivity index (χ4n) is 2.94. The zero-order valence-electron chi connectivity index (χ0n) is 12.1. The van der Waals surface area contributed by atoms with Crippen LogP contribution >= 0.6 is 0 Å². The van der Waals surface area contributed by atoms with Gasteiger partial charge in [-0.3, -0.25) is 4.79 Å². The molecule has 0 aromatic carbocycles. The lowest BCUT2D eigenvalue weighted by Crippen LogP contribution is -3.13. The van der Waals surface area contributed by atoms with Crippen molar-refractivity contribution in [3.63, 3.8) is 0 Å². The van der Waals surface area contributed by atoms with Crippen molar-refractivity contribution in [2.75, 3.05) is 32.8 Å². The molecular formula is C14H26NO4+. The fourth-order valence-corrected chi connectivity index (χ4v) is 2.94. The van der Waals surface area contributed by atoms with Gasteiger partial charge >= 0.3 is 5.97 Å². The number of carbonyl (C=O) groups excluding carboxylic acids is 1. The van der Waals surface area contributed by atoms with Crippen LogP contribution in [0.2, 0.25) is 0 Å². The molecule has 2 fully saturated rings. The van der Waals surface area contributed by atoms with E-state index in [1.165, 1.54) is 32.4 Å². The number of quaternary nitrogens is 1. The topological polar surface area (TPSA) is 49.2 Å². The molecule has 5 heteroatoms. The molecule has 0 aromatic rings. The molecule has 0 amide bonds. The summed E-state index contributed by atoms with van der Waals surface area (Å²) in [6, 6.07) is 0. The first-order valence-corrected chi connectivity index (χ1v) is 7.42. The standard InChI is InChI=1S/C14H25NO4/c1-3-17-13(16)9-14(2)18-11-12(19-14)10-15-7-5-4-6-8-15/h12H,3-11H2,1-2H3/p+1/t12-,14+/m1/s1. The molecule has 0 aliphatic carbocycles. The Hall–Kier alpha value is -0.650. The second-order valence-corrected chi connectivity index (χ2v) is 5.68. The van der Waals surface area contributed by atoms with Gasteiger partial charge in [-0.25, -0.2) is 0 Å². The van der Waals surface area contributed by atoms with Crippen LogP contribution in [0.25, 0.3) is 0 Å². The summed E-state index contributed by atoms with van der Waals surface area (Å²) in [5.74, 6) is -1.05. The van der Waals surface area contributed by atoms with Gasteiger partial charge in [0.25, 0.3) is 0 Å². The average molecular weight is 272 g/mol. The number of rotatable bonds is 5. The molecule has 2 saturated heterocycles. The number of hydrogen-bond donors (Lipinski definition) is 1. The van der Waals surface area contributed by atoms with Crippen LogP contribution < -0.4 is 4.90 Å². The maximum atomic E-state index is 11.5. The molecule has 19 heavy (non-hydrogen) atoms. The van der Waals surface area contributed by atoms with Crippen LogP contribution in [0, 0.1) is 0 Å². The van der Waals surface area contributed by atoms with Crippen molar-refractivity contribution in [3.8, 4) is 0 Å². The third kappa shape index (κ3) is 4.44. The lowest BCUT2D eigenvalue weighted by atomic mass is 10.1. The molecule has 5 nitrogen and oxygen atoms in total. The molecule has 0 aromatic heterocycles. The number of nitrogens with one attached hydrogen (secondary N) is 1. The smallest absolute Gasteiger partial charge is 0.311 e. The van der Waals surface area contributed by atoms with Gasteiger partial charge in [0, 0.05) is 0 Å². The third-order valence-corrected chi connectivity index (χ3v) is 3.84. The van der Waals surface area contributed by atoms with Gasteiger partial charge in [0.1, 0.15) is 12.6 Å². The number of esters is 1. The molecular weight excluding hydrogens is 246 g/mol. The average Bonchev–Trinajstić information content (AvgIpc) is 2.72. The molecule has 0 spiro atoms. The molecule has 1 N–H and O–H groups in total. The molecule has 0 unspecified atom stereocenters. The first-order valence-electron chi connectivity index (χ1n) is 7.42. The minimum atomic E-state index is -0.799. The van der Waals surface area contributed by atoms with E-state index in [4.69, 9.17) is 14.2 Å². The summed E-state index contributed by atoms with van der Waals surface area (Å²) in [5.41, 5.74) is 0. The van der Waals surface area contributed by atoms with Gasteiger partial charge in [-0.15, -0.1) is 0 Å². The summed E-state index contributed by atoms with van der Waals surface area (Å²) in [6.07, 6.45) is 4.25. The van der Waals surface area contributed by atoms with E-state index < -0.39 is 5.79 Å². The predicted molar refractivity (Wildman–Crippen MR) is 69.9 cm³/mol. The van der Waals surface area contributed by atoms with Gasteiger partial charge in [-0.2, -0.15) is 0 Å². The maximum Gasteiger partial charge on any atom is 0.311 e. The predicted octanol–water partition coefficient (Wildman–Crippen LogP) is 0.140. The van der Waals surface area contributed by atoms with Gasteiger partial charge in [0.15, 0.2) is 5.79 Å². The Morgan fingerprint density at radius 3 is 2.79 bits per heavy atom. The van der Waals surface area contributed by atoms with E-state index in [0.717, 1.165) is 6.54 Å². The van der Waals surface area contributed by atoms with E-state index in [2.05, 4.69) is 0 Å². The Balaban J connectivity index is 1.76. The molecule has 0 bridgehead atoms. The third-order valence-electron chi connectivity index (χ3n) is 3.84. The zero-order chi connectivity index (χ0) is 13.7. The number of piperidine rings is 1. The second kappa shape index (κ2) is 6.68. The van der Waals surface area contributed by atoms with Crippen LogP contribution in [-0.4, -0.2) is 50.7 Å². The second-order valence-electron chi connectivity index (χ2n) is 5.68. The zero-order valence-corrected chi connectivity index (χ0v) is 12.1. The van der Waals surface area contributed by atoms with Crippen LogP contribution in [0.3, 0.4) is 0 Å². The minimum absolute atomic E-state index is 0.104. The van der Waals surface area contributed by atoms with E-state index in [1.807, 2.05) is 6.92 Å².